The highest BCUT2D eigenvalue weighted by molar-refractivity contribution is 6.21. The summed E-state index contributed by atoms with van der Waals surface area (Å²) in [6, 6.07) is 6.87. The highest BCUT2D eigenvalue weighted by Crippen LogP contribution is 2.26. The Kier molecular flexibility index (Phi) is 10.8. The van der Waals surface area contributed by atoms with E-state index in [9.17, 15) is 24.0 Å². The number of fused-ring (bicyclic) bond motifs is 1. The normalized spacial score (nSPS) is 22.7. The van der Waals surface area contributed by atoms with Crippen molar-refractivity contribution in [3.8, 4) is 0 Å². The quantitative estimate of drug-likeness (QED) is 0.161. The van der Waals surface area contributed by atoms with Gasteiger partial charge in [-0.15, -0.1) is 0 Å². The molecule has 38 heavy (non-hydrogen) atoms. The maximum absolute atomic E-state index is 12.4. The fourth-order valence-electron chi connectivity index (χ4n) is 4.57. The molecule has 0 bridgehead atoms. The van der Waals surface area contributed by atoms with Crippen LogP contribution in [0.4, 0.5) is 0 Å². The van der Waals surface area contributed by atoms with Crippen LogP contribution in [0.1, 0.15) is 80.0 Å². The third-order valence-corrected chi connectivity index (χ3v) is 6.24. The van der Waals surface area contributed by atoms with Crippen molar-refractivity contribution in [2.24, 2.45) is 0 Å². The summed E-state index contributed by atoms with van der Waals surface area (Å²) in [6.07, 6.45) is 1.05. The molecule has 11 heteroatoms. The Hall–Kier alpha value is -3.31. The van der Waals surface area contributed by atoms with Crippen molar-refractivity contribution in [1.82, 2.24) is 4.90 Å². The average molecular weight is 534 g/mol. The Labute approximate surface area is 221 Å². The van der Waals surface area contributed by atoms with Crippen LogP contribution < -0.4 is 0 Å². The van der Waals surface area contributed by atoms with Crippen molar-refractivity contribution < 1.29 is 47.7 Å². The van der Waals surface area contributed by atoms with E-state index in [0.717, 1.165) is 38.5 Å². The third kappa shape index (κ3) is 7.84. The Balaban J connectivity index is 1.36. The van der Waals surface area contributed by atoms with Crippen molar-refractivity contribution in [3.63, 3.8) is 0 Å². The number of hydrogen-bond donors (Lipinski definition) is 0. The minimum Gasteiger partial charge on any atom is -0.456 e. The van der Waals surface area contributed by atoms with E-state index < -0.39 is 42.5 Å². The van der Waals surface area contributed by atoms with Crippen molar-refractivity contribution in [2.75, 3.05) is 19.8 Å². The van der Waals surface area contributed by atoms with Crippen LogP contribution in [-0.2, 0) is 38.1 Å². The third-order valence-electron chi connectivity index (χ3n) is 6.24. The second kappa shape index (κ2) is 14.0. The molecule has 0 N–H and O–H groups in total. The monoisotopic (exact) mass is 533 g/mol. The summed E-state index contributed by atoms with van der Waals surface area (Å²) >= 11 is 0. The predicted molar refractivity (Wildman–Crippen MR) is 132 cm³/mol. The number of carbonyl (C=O) groups is 5. The zero-order valence-corrected chi connectivity index (χ0v) is 22.0. The fourth-order valence-corrected chi connectivity index (χ4v) is 4.57. The molecule has 2 aliphatic heterocycles. The lowest BCUT2D eigenvalue weighted by atomic mass is 10.0. The Morgan fingerprint density at radius 3 is 1.89 bits per heavy atom. The summed E-state index contributed by atoms with van der Waals surface area (Å²) in [5, 5.41) is 0. The number of hydrogen-bond acceptors (Lipinski definition) is 10. The van der Waals surface area contributed by atoms with Gasteiger partial charge in [-0.3, -0.25) is 28.9 Å². The number of unbranched alkanes of at least 4 members (excludes halogenated alkanes) is 5. The van der Waals surface area contributed by atoms with Crippen LogP contribution in [-0.4, -0.2) is 79.0 Å². The lowest BCUT2D eigenvalue weighted by Crippen LogP contribution is -2.58. The molecular weight excluding hydrogens is 498 g/mol. The van der Waals surface area contributed by atoms with E-state index in [0.29, 0.717) is 24.3 Å². The maximum Gasteiger partial charge on any atom is 0.303 e. The predicted octanol–water partition coefficient (Wildman–Crippen LogP) is 2.79. The molecule has 1 saturated heterocycles. The number of amides is 2. The second-order valence-corrected chi connectivity index (χ2v) is 9.30. The van der Waals surface area contributed by atoms with Gasteiger partial charge in [0.2, 0.25) is 0 Å². The molecule has 0 saturated carbocycles. The van der Waals surface area contributed by atoms with Crippen LogP contribution in [0.2, 0.25) is 0 Å². The Bertz CT molecular complexity index is 990. The summed E-state index contributed by atoms with van der Waals surface area (Å²) in [7, 11) is 0. The number of rotatable bonds is 13. The first-order chi connectivity index (χ1) is 18.2. The molecular formula is C27H35NO10. The molecule has 0 aliphatic carbocycles. The first kappa shape index (κ1) is 29.2. The summed E-state index contributed by atoms with van der Waals surface area (Å²) in [6.45, 7) is 4.30. The SMILES string of the molecule is CC(=O)O[C@@H]1[C@@H](OC(C)=O)[C@H](OCCCCCCCCN2C(=O)c3ccccc3C2=O)OC[C@H]1OC(C)=O. The molecule has 0 unspecified atom stereocenters. The van der Waals surface area contributed by atoms with Gasteiger partial charge in [-0.05, 0) is 25.0 Å². The van der Waals surface area contributed by atoms with Crippen molar-refractivity contribution in [2.45, 2.75) is 83.9 Å². The minimum absolute atomic E-state index is 0.0763. The van der Waals surface area contributed by atoms with E-state index in [1.807, 2.05) is 0 Å². The number of imide groups is 1. The van der Waals surface area contributed by atoms with E-state index in [1.54, 1.807) is 24.3 Å². The van der Waals surface area contributed by atoms with E-state index in [4.69, 9.17) is 23.7 Å². The first-order valence-electron chi connectivity index (χ1n) is 12.9. The highest BCUT2D eigenvalue weighted by Gasteiger charge is 2.47. The maximum atomic E-state index is 12.4. The molecule has 1 aromatic rings. The molecule has 11 nitrogen and oxygen atoms in total. The summed E-state index contributed by atoms with van der Waals surface area (Å²) in [4.78, 5) is 60.9. The van der Waals surface area contributed by atoms with Crippen LogP contribution in [0.3, 0.4) is 0 Å². The molecule has 2 heterocycles. The van der Waals surface area contributed by atoms with Gasteiger partial charge in [0.15, 0.2) is 24.6 Å². The van der Waals surface area contributed by atoms with Crippen molar-refractivity contribution in [1.29, 1.82) is 0 Å². The molecule has 208 valence electrons. The number of esters is 3. The van der Waals surface area contributed by atoms with Gasteiger partial charge in [0.25, 0.3) is 11.8 Å². The van der Waals surface area contributed by atoms with Crippen LogP contribution in [0.25, 0.3) is 0 Å². The first-order valence-corrected chi connectivity index (χ1v) is 12.9. The second-order valence-electron chi connectivity index (χ2n) is 9.30. The van der Waals surface area contributed by atoms with Crippen molar-refractivity contribution >= 4 is 29.7 Å². The van der Waals surface area contributed by atoms with Crippen LogP contribution >= 0.6 is 0 Å². The lowest BCUT2D eigenvalue weighted by Gasteiger charge is -2.40. The summed E-state index contributed by atoms with van der Waals surface area (Å²) in [5.74, 6) is -2.27. The van der Waals surface area contributed by atoms with E-state index in [-0.39, 0.29) is 18.4 Å². The number of ether oxygens (including phenoxy) is 5. The van der Waals surface area contributed by atoms with E-state index in [2.05, 4.69) is 0 Å². The molecule has 1 fully saturated rings. The average Bonchev–Trinajstić information content (AvgIpc) is 3.10. The molecule has 0 spiro atoms. The van der Waals surface area contributed by atoms with Gasteiger partial charge in [0, 0.05) is 33.9 Å². The van der Waals surface area contributed by atoms with Crippen molar-refractivity contribution in [3.05, 3.63) is 35.4 Å². The minimum atomic E-state index is -1.09. The van der Waals surface area contributed by atoms with Gasteiger partial charge in [0.1, 0.15) is 0 Å². The van der Waals surface area contributed by atoms with E-state index in [1.165, 1.54) is 25.7 Å². The lowest BCUT2D eigenvalue weighted by molar-refractivity contribution is -0.281. The van der Waals surface area contributed by atoms with Crippen LogP contribution in [0.15, 0.2) is 24.3 Å². The van der Waals surface area contributed by atoms with E-state index >= 15 is 0 Å². The molecule has 4 atom stereocenters. The number of benzene rings is 1. The smallest absolute Gasteiger partial charge is 0.303 e. The zero-order valence-electron chi connectivity index (χ0n) is 22.0. The Morgan fingerprint density at radius 1 is 0.789 bits per heavy atom. The summed E-state index contributed by atoms with van der Waals surface area (Å²) in [5.41, 5.74) is 0.938. The fraction of sp³-hybridized carbons (Fsp3) is 0.593. The highest BCUT2D eigenvalue weighted by atomic mass is 16.7. The topological polar surface area (TPSA) is 135 Å². The largest absolute Gasteiger partial charge is 0.456 e. The number of nitrogens with zero attached hydrogens (tertiary/aromatic N) is 1. The van der Waals surface area contributed by atoms with Gasteiger partial charge >= 0.3 is 17.9 Å². The van der Waals surface area contributed by atoms with Gasteiger partial charge in [0.05, 0.1) is 17.7 Å². The Morgan fingerprint density at radius 2 is 1.32 bits per heavy atom. The standard InChI is InChI=1S/C27H35NO10/c1-17(29)36-22-16-35-27(24(38-19(3)31)23(22)37-18(2)30)34-15-11-7-5-4-6-10-14-28-25(32)20-12-8-9-13-21(20)26(28)33/h8-9,12-13,22-24,27H,4-7,10-11,14-16H2,1-3H3/t22-,23+,24-,27-/m1/s1. The van der Waals surface area contributed by atoms with Gasteiger partial charge in [-0.25, -0.2) is 0 Å². The number of carbonyl (C=O) groups excluding carboxylic acids is 5. The van der Waals surface area contributed by atoms with Gasteiger partial charge in [-0.1, -0.05) is 37.8 Å². The molecule has 0 radical (unpaired) electrons. The van der Waals surface area contributed by atoms with Crippen LogP contribution in [0.5, 0.6) is 0 Å². The zero-order chi connectivity index (χ0) is 27.7. The molecule has 1 aromatic carbocycles. The molecule has 3 rings (SSSR count). The molecule has 2 amide bonds. The van der Waals surface area contributed by atoms with Gasteiger partial charge < -0.3 is 23.7 Å². The summed E-state index contributed by atoms with van der Waals surface area (Å²) < 4.78 is 27.2. The molecule has 0 aromatic heterocycles. The molecule has 2 aliphatic rings. The van der Waals surface area contributed by atoms with Gasteiger partial charge in [-0.2, -0.15) is 0 Å². The van der Waals surface area contributed by atoms with Crippen LogP contribution in [0, 0.1) is 0 Å².